The van der Waals surface area contributed by atoms with E-state index >= 15 is 0 Å². The number of nitrogens with one attached hydrogen (secondary N) is 1. The lowest BCUT2D eigenvalue weighted by molar-refractivity contribution is -0.137. The lowest BCUT2D eigenvalue weighted by atomic mass is 9.99. The molecule has 1 unspecified atom stereocenters. The van der Waals surface area contributed by atoms with E-state index < -0.39 is 17.9 Å². The number of methoxy groups -OCH3 is 1. The maximum absolute atomic E-state index is 13.6. The number of hydrogen-bond acceptors (Lipinski definition) is 5. The van der Waals surface area contributed by atoms with Gasteiger partial charge in [0.15, 0.2) is 0 Å². The van der Waals surface area contributed by atoms with E-state index in [1.54, 1.807) is 30.6 Å². The minimum Gasteiger partial charge on any atom is -0.497 e. The summed E-state index contributed by atoms with van der Waals surface area (Å²) in [5, 5.41) is 11.6. The van der Waals surface area contributed by atoms with Gasteiger partial charge >= 0.3 is 5.97 Å². The molecular formula is C26H28N4O5. The summed E-state index contributed by atoms with van der Waals surface area (Å²) in [4.78, 5) is 43.6. The van der Waals surface area contributed by atoms with Crippen molar-refractivity contribution in [2.24, 2.45) is 0 Å². The van der Waals surface area contributed by atoms with Crippen LogP contribution in [-0.4, -0.2) is 57.0 Å². The highest BCUT2D eigenvalue weighted by Crippen LogP contribution is 2.26. The number of nitrogens with zero attached hydrogens (tertiary/aromatic N) is 3. The predicted molar refractivity (Wildman–Crippen MR) is 128 cm³/mol. The number of carbonyl (C=O) groups excluding carboxylic acids is 2. The molecule has 0 saturated carbocycles. The molecule has 9 heteroatoms. The quantitative estimate of drug-likeness (QED) is 0.516. The van der Waals surface area contributed by atoms with Crippen molar-refractivity contribution in [1.82, 2.24) is 19.8 Å². The van der Waals surface area contributed by atoms with Crippen molar-refractivity contribution in [2.45, 2.75) is 38.9 Å². The number of benzene rings is 2. The van der Waals surface area contributed by atoms with Gasteiger partial charge in [-0.2, -0.15) is 0 Å². The number of carboxylic acids is 1. The normalized spacial score (nSPS) is 14.8. The predicted octanol–water partition coefficient (Wildman–Crippen LogP) is 2.41. The number of carboxylic acid groups (broad SMARTS) is 1. The maximum atomic E-state index is 13.6. The second-order valence-electron chi connectivity index (χ2n) is 8.51. The van der Waals surface area contributed by atoms with E-state index in [9.17, 15) is 14.4 Å². The first kappa shape index (κ1) is 24.0. The third kappa shape index (κ3) is 5.34. The van der Waals surface area contributed by atoms with Crippen LogP contribution in [-0.2, 0) is 29.1 Å². The molecule has 0 bridgehead atoms. The topological polar surface area (TPSA) is 114 Å². The number of aryl methyl sites for hydroxylation is 1. The van der Waals surface area contributed by atoms with Gasteiger partial charge in [0.25, 0.3) is 5.91 Å². The number of aromatic nitrogens is 2. The molecule has 3 aromatic rings. The zero-order valence-corrected chi connectivity index (χ0v) is 19.7. The van der Waals surface area contributed by atoms with Crippen LogP contribution in [0, 0.1) is 6.92 Å². The lowest BCUT2D eigenvalue weighted by Crippen LogP contribution is -2.53. The average molecular weight is 477 g/mol. The first-order valence-electron chi connectivity index (χ1n) is 11.4. The molecule has 4 rings (SSSR count). The molecule has 182 valence electrons. The van der Waals surface area contributed by atoms with Gasteiger partial charge in [0, 0.05) is 25.1 Å². The van der Waals surface area contributed by atoms with Crippen molar-refractivity contribution in [3.05, 3.63) is 82.9 Å². The lowest BCUT2D eigenvalue weighted by Gasteiger charge is -2.35. The molecule has 2 heterocycles. The monoisotopic (exact) mass is 476 g/mol. The van der Waals surface area contributed by atoms with Crippen LogP contribution in [0.5, 0.6) is 5.75 Å². The smallest absolute Gasteiger partial charge is 0.305 e. The molecule has 1 aromatic heterocycles. The van der Waals surface area contributed by atoms with E-state index in [1.807, 2.05) is 16.7 Å². The van der Waals surface area contributed by atoms with Crippen molar-refractivity contribution in [3.8, 4) is 5.75 Å². The SMILES string of the molecule is COc1cccc(C(=O)N2Cc3c(ncn3Cc3ccccc3C)CC2C(=O)NCCC(=O)O)c1. The summed E-state index contributed by atoms with van der Waals surface area (Å²) < 4.78 is 7.28. The molecule has 0 saturated heterocycles. The molecule has 0 aliphatic carbocycles. The summed E-state index contributed by atoms with van der Waals surface area (Å²) >= 11 is 0. The number of amides is 2. The Bertz CT molecular complexity index is 1250. The maximum Gasteiger partial charge on any atom is 0.305 e. The standard InChI is InChI=1S/C26H28N4O5/c1-17-6-3-4-7-19(17)14-29-16-28-21-13-22(25(33)27-11-10-24(31)32)30(15-23(21)29)26(34)18-8-5-9-20(12-18)35-2/h3-9,12,16,22H,10-11,13-15H2,1-2H3,(H,27,33)(H,31,32). The first-order valence-corrected chi connectivity index (χ1v) is 11.4. The number of aliphatic carboxylic acids is 1. The van der Waals surface area contributed by atoms with Crippen LogP contribution in [0.15, 0.2) is 54.9 Å². The number of imidazole rings is 1. The molecular weight excluding hydrogens is 448 g/mol. The van der Waals surface area contributed by atoms with Crippen LogP contribution >= 0.6 is 0 Å². The Balaban J connectivity index is 1.64. The molecule has 0 fully saturated rings. The third-order valence-corrected chi connectivity index (χ3v) is 6.24. The number of rotatable bonds is 8. The van der Waals surface area contributed by atoms with Crippen LogP contribution in [0.1, 0.15) is 39.3 Å². The van der Waals surface area contributed by atoms with Crippen LogP contribution < -0.4 is 10.1 Å². The number of ether oxygens (including phenoxy) is 1. The molecule has 35 heavy (non-hydrogen) atoms. The zero-order valence-electron chi connectivity index (χ0n) is 19.7. The number of hydrogen-bond donors (Lipinski definition) is 2. The Morgan fingerprint density at radius 2 is 1.97 bits per heavy atom. The van der Waals surface area contributed by atoms with E-state index in [4.69, 9.17) is 9.84 Å². The van der Waals surface area contributed by atoms with Gasteiger partial charge in [-0.3, -0.25) is 14.4 Å². The van der Waals surface area contributed by atoms with Crippen molar-refractivity contribution in [2.75, 3.05) is 13.7 Å². The second-order valence-corrected chi connectivity index (χ2v) is 8.51. The van der Waals surface area contributed by atoms with E-state index in [2.05, 4.69) is 29.4 Å². The van der Waals surface area contributed by atoms with Crippen molar-refractivity contribution in [3.63, 3.8) is 0 Å². The zero-order chi connectivity index (χ0) is 24.9. The summed E-state index contributed by atoms with van der Waals surface area (Å²) in [6.07, 6.45) is 1.79. The van der Waals surface area contributed by atoms with Crippen LogP contribution in [0.2, 0.25) is 0 Å². The molecule has 0 spiro atoms. The summed E-state index contributed by atoms with van der Waals surface area (Å²) in [6, 6.07) is 14.1. The van der Waals surface area contributed by atoms with E-state index in [0.717, 1.165) is 22.5 Å². The summed E-state index contributed by atoms with van der Waals surface area (Å²) in [7, 11) is 1.53. The van der Waals surface area contributed by atoms with E-state index in [-0.39, 0.29) is 31.8 Å². The van der Waals surface area contributed by atoms with Gasteiger partial charge in [-0.05, 0) is 36.2 Å². The highest BCUT2D eigenvalue weighted by atomic mass is 16.5. The summed E-state index contributed by atoms with van der Waals surface area (Å²) in [5.74, 6) is -1.17. The molecule has 2 aromatic carbocycles. The van der Waals surface area contributed by atoms with Gasteiger partial charge in [0.2, 0.25) is 5.91 Å². The molecule has 2 N–H and O–H groups in total. The fourth-order valence-electron chi connectivity index (χ4n) is 4.25. The van der Waals surface area contributed by atoms with E-state index in [0.29, 0.717) is 17.9 Å². The Morgan fingerprint density at radius 1 is 1.17 bits per heavy atom. The summed E-state index contributed by atoms with van der Waals surface area (Å²) in [5.41, 5.74) is 4.34. The molecule has 1 aliphatic heterocycles. The van der Waals surface area contributed by atoms with Gasteiger partial charge in [0.1, 0.15) is 11.8 Å². The Labute approximate surface area is 203 Å². The molecule has 2 amide bonds. The Kier molecular flexibility index (Phi) is 7.14. The van der Waals surface area contributed by atoms with Gasteiger partial charge in [-0.15, -0.1) is 0 Å². The first-order chi connectivity index (χ1) is 16.9. The minimum atomic E-state index is -1.00. The molecule has 0 radical (unpaired) electrons. The molecule has 1 atom stereocenters. The Morgan fingerprint density at radius 3 is 2.71 bits per heavy atom. The minimum absolute atomic E-state index is 0.0135. The number of fused-ring (bicyclic) bond motifs is 1. The van der Waals surface area contributed by atoms with Crippen molar-refractivity contribution >= 4 is 17.8 Å². The third-order valence-electron chi connectivity index (χ3n) is 6.24. The fourth-order valence-corrected chi connectivity index (χ4v) is 4.25. The summed E-state index contributed by atoms with van der Waals surface area (Å²) in [6.45, 7) is 2.84. The molecule has 9 nitrogen and oxygen atoms in total. The van der Waals surface area contributed by atoms with Crippen molar-refractivity contribution < 1.29 is 24.2 Å². The highest BCUT2D eigenvalue weighted by Gasteiger charge is 2.37. The average Bonchev–Trinajstić information content (AvgIpc) is 3.25. The molecule has 1 aliphatic rings. The van der Waals surface area contributed by atoms with E-state index in [1.165, 1.54) is 12.0 Å². The van der Waals surface area contributed by atoms with Crippen LogP contribution in [0.25, 0.3) is 0 Å². The highest BCUT2D eigenvalue weighted by molar-refractivity contribution is 5.98. The fraction of sp³-hybridized carbons (Fsp3) is 0.308. The van der Waals surface area contributed by atoms with Crippen molar-refractivity contribution in [1.29, 1.82) is 0 Å². The van der Waals surface area contributed by atoms with Gasteiger partial charge in [-0.1, -0.05) is 30.3 Å². The van der Waals surface area contributed by atoms with Gasteiger partial charge in [-0.25, -0.2) is 4.98 Å². The van der Waals surface area contributed by atoms with Gasteiger partial charge in [0.05, 0.1) is 37.8 Å². The van der Waals surface area contributed by atoms with Crippen LogP contribution in [0.3, 0.4) is 0 Å². The number of carbonyl (C=O) groups is 3. The Hall–Kier alpha value is -4.14. The second kappa shape index (κ2) is 10.4. The van der Waals surface area contributed by atoms with Crippen LogP contribution in [0.4, 0.5) is 0 Å². The van der Waals surface area contributed by atoms with Gasteiger partial charge < -0.3 is 24.6 Å². The largest absolute Gasteiger partial charge is 0.497 e.